The zero-order chi connectivity index (χ0) is 27.8. The van der Waals surface area contributed by atoms with E-state index in [-0.39, 0.29) is 36.9 Å². The normalized spacial score (nSPS) is 14.9. The minimum Gasteiger partial charge on any atom is -0.487 e. The molecule has 1 atom stereocenters. The van der Waals surface area contributed by atoms with Crippen LogP contribution in [0.1, 0.15) is 28.6 Å². The van der Waals surface area contributed by atoms with Gasteiger partial charge in [0.2, 0.25) is 0 Å². The van der Waals surface area contributed by atoms with Gasteiger partial charge in [0, 0.05) is 25.0 Å². The number of halogens is 1. The number of pyridine rings is 1. The molecular weight excluding hydrogens is 544 g/mol. The largest absolute Gasteiger partial charge is 0.487 e. The third kappa shape index (κ3) is 7.18. The summed E-state index contributed by atoms with van der Waals surface area (Å²) in [5.41, 5.74) is 1.98. The number of aromatic nitrogens is 1. The summed E-state index contributed by atoms with van der Waals surface area (Å²) < 4.78 is 13.2. The predicted octanol–water partition coefficient (Wildman–Crippen LogP) is 3.22. The number of aliphatic hydroxyl groups is 1. The number of hydrogen-bond donors (Lipinski definition) is 3. The molecule has 0 saturated carbocycles. The van der Waals surface area contributed by atoms with Crippen molar-refractivity contribution in [1.29, 1.82) is 0 Å². The van der Waals surface area contributed by atoms with Crippen molar-refractivity contribution in [2.24, 2.45) is 0 Å². The predicted molar refractivity (Wildman–Crippen MR) is 151 cm³/mol. The third-order valence-electron chi connectivity index (χ3n) is 6.05. The number of cyclic esters (lactones) is 1. The van der Waals surface area contributed by atoms with Crippen molar-refractivity contribution in [3.05, 3.63) is 73.8 Å². The topological polar surface area (TPSA) is 122 Å². The highest BCUT2D eigenvalue weighted by molar-refractivity contribution is 7.18. The molecule has 10 nitrogen and oxygen atoms in total. The van der Waals surface area contributed by atoms with Crippen molar-refractivity contribution in [1.82, 2.24) is 15.2 Å². The van der Waals surface area contributed by atoms with Crippen LogP contribution in [0.3, 0.4) is 0 Å². The maximum atomic E-state index is 13.2. The van der Waals surface area contributed by atoms with Crippen LogP contribution < -0.4 is 25.8 Å². The first-order valence-electron chi connectivity index (χ1n) is 12.7. The molecular formula is C27H31ClN4O6S. The van der Waals surface area contributed by atoms with E-state index in [1.54, 1.807) is 41.1 Å². The SMILES string of the molecule is CCCc1cc(N2C[C@H](CNC(=O)c3ccc(Cl)s3)OC2=O)ccc1-n1cccc(OCCNCCO)c1=O. The number of carbonyl (C=O) groups excluding carboxylic acids is 2. The number of aliphatic hydroxyl groups excluding tert-OH is 1. The minimum absolute atomic E-state index is 0.0338. The molecule has 0 radical (unpaired) electrons. The number of rotatable bonds is 13. The number of nitrogens with one attached hydrogen (secondary N) is 2. The zero-order valence-electron chi connectivity index (χ0n) is 21.5. The molecule has 2 amide bonds. The summed E-state index contributed by atoms with van der Waals surface area (Å²) in [6.07, 6.45) is 2.22. The second kappa shape index (κ2) is 13.6. The summed E-state index contributed by atoms with van der Waals surface area (Å²) in [4.78, 5) is 40.2. The molecule has 1 aliphatic heterocycles. The highest BCUT2D eigenvalue weighted by atomic mass is 35.5. The van der Waals surface area contributed by atoms with E-state index in [9.17, 15) is 14.4 Å². The fourth-order valence-electron chi connectivity index (χ4n) is 4.22. The number of carbonyl (C=O) groups is 2. The monoisotopic (exact) mass is 574 g/mol. The molecule has 1 saturated heterocycles. The molecule has 0 aliphatic carbocycles. The van der Waals surface area contributed by atoms with E-state index in [4.69, 9.17) is 26.2 Å². The molecule has 3 heterocycles. The highest BCUT2D eigenvalue weighted by Gasteiger charge is 2.33. The van der Waals surface area contributed by atoms with Gasteiger partial charge in [-0.2, -0.15) is 0 Å². The van der Waals surface area contributed by atoms with Gasteiger partial charge >= 0.3 is 6.09 Å². The van der Waals surface area contributed by atoms with Gasteiger partial charge in [0.05, 0.1) is 34.6 Å². The van der Waals surface area contributed by atoms with Gasteiger partial charge in [-0.1, -0.05) is 24.9 Å². The van der Waals surface area contributed by atoms with E-state index >= 15 is 0 Å². The van der Waals surface area contributed by atoms with E-state index in [0.29, 0.717) is 46.7 Å². The summed E-state index contributed by atoms with van der Waals surface area (Å²) in [5.74, 6) is -0.0401. The van der Waals surface area contributed by atoms with Crippen LogP contribution in [0.5, 0.6) is 5.75 Å². The summed E-state index contributed by atoms with van der Waals surface area (Å²) in [7, 11) is 0. The van der Waals surface area contributed by atoms with Crippen LogP contribution in [0.25, 0.3) is 5.69 Å². The van der Waals surface area contributed by atoms with Gasteiger partial charge in [0.25, 0.3) is 11.5 Å². The number of ether oxygens (including phenoxy) is 2. The lowest BCUT2D eigenvalue weighted by atomic mass is 10.1. The fraction of sp³-hybridized carbons (Fsp3) is 0.370. The second-order valence-electron chi connectivity index (χ2n) is 8.86. The number of anilines is 1. The van der Waals surface area contributed by atoms with E-state index in [1.807, 2.05) is 19.1 Å². The molecule has 0 bridgehead atoms. The smallest absolute Gasteiger partial charge is 0.414 e. The molecule has 1 aromatic carbocycles. The molecule has 12 heteroatoms. The van der Waals surface area contributed by atoms with Gasteiger partial charge in [-0.3, -0.25) is 19.1 Å². The number of aryl methyl sites for hydroxylation is 1. The lowest BCUT2D eigenvalue weighted by molar-refractivity contribution is 0.0920. The Hall–Kier alpha value is -3.38. The molecule has 1 aliphatic rings. The van der Waals surface area contributed by atoms with Crippen LogP contribution in [-0.4, -0.2) is 67.2 Å². The first-order chi connectivity index (χ1) is 18.9. The van der Waals surface area contributed by atoms with Crippen molar-refractivity contribution < 1.29 is 24.2 Å². The maximum absolute atomic E-state index is 13.2. The van der Waals surface area contributed by atoms with E-state index in [0.717, 1.165) is 12.0 Å². The Morgan fingerprint density at radius 3 is 2.82 bits per heavy atom. The molecule has 3 N–H and O–H groups in total. The van der Waals surface area contributed by atoms with Crippen molar-refractivity contribution in [3.63, 3.8) is 0 Å². The van der Waals surface area contributed by atoms with Crippen LogP contribution in [0.4, 0.5) is 10.5 Å². The van der Waals surface area contributed by atoms with Gasteiger partial charge in [0.1, 0.15) is 12.7 Å². The summed E-state index contributed by atoms with van der Waals surface area (Å²) in [6.45, 7) is 3.79. The third-order valence-corrected chi connectivity index (χ3v) is 7.28. The van der Waals surface area contributed by atoms with Crippen LogP contribution in [-0.2, 0) is 11.2 Å². The first-order valence-corrected chi connectivity index (χ1v) is 13.9. The number of hydrogen-bond acceptors (Lipinski definition) is 8. The van der Waals surface area contributed by atoms with E-state index in [1.165, 1.54) is 16.2 Å². The lowest BCUT2D eigenvalue weighted by Gasteiger charge is -2.18. The van der Waals surface area contributed by atoms with Gasteiger partial charge in [0.15, 0.2) is 5.75 Å². The highest BCUT2D eigenvalue weighted by Crippen LogP contribution is 2.27. The van der Waals surface area contributed by atoms with Crippen molar-refractivity contribution in [3.8, 4) is 11.4 Å². The average Bonchev–Trinajstić information content (AvgIpc) is 3.53. The van der Waals surface area contributed by atoms with Crippen LogP contribution in [0.2, 0.25) is 4.34 Å². The Labute approximate surface area is 235 Å². The van der Waals surface area contributed by atoms with E-state index in [2.05, 4.69) is 10.6 Å². The van der Waals surface area contributed by atoms with E-state index < -0.39 is 12.2 Å². The molecule has 4 rings (SSSR count). The molecule has 39 heavy (non-hydrogen) atoms. The maximum Gasteiger partial charge on any atom is 0.414 e. The number of nitrogens with zero attached hydrogens (tertiary/aromatic N) is 2. The summed E-state index contributed by atoms with van der Waals surface area (Å²) in [5, 5.41) is 14.7. The molecule has 208 valence electrons. The fourth-order valence-corrected chi connectivity index (χ4v) is 5.18. The average molecular weight is 575 g/mol. The zero-order valence-corrected chi connectivity index (χ0v) is 23.1. The number of thiophene rings is 1. The first kappa shape index (κ1) is 28.6. The van der Waals surface area contributed by atoms with Gasteiger partial charge in [-0.25, -0.2) is 4.79 Å². The van der Waals surface area contributed by atoms with Gasteiger partial charge in [-0.15, -0.1) is 11.3 Å². The minimum atomic E-state index is -0.505. The summed E-state index contributed by atoms with van der Waals surface area (Å²) >= 11 is 7.09. The molecule has 3 aromatic rings. The second-order valence-corrected chi connectivity index (χ2v) is 10.6. The van der Waals surface area contributed by atoms with Crippen molar-refractivity contribution >= 4 is 40.6 Å². The Bertz CT molecular complexity index is 1360. The van der Waals surface area contributed by atoms with Gasteiger partial charge in [-0.05, 0) is 54.4 Å². The lowest BCUT2D eigenvalue weighted by Crippen LogP contribution is -2.34. The van der Waals surface area contributed by atoms with Gasteiger partial charge < -0.3 is 25.2 Å². The van der Waals surface area contributed by atoms with Crippen molar-refractivity contribution in [2.75, 3.05) is 44.3 Å². The Kier molecular flexibility index (Phi) is 9.99. The molecule has 1 fully saturated rings. The number of benzene rings is 1. The number of amides is 2. The van der Waals surface area contributed by atoms with Crippen molar-refractivity contribution in [2.45, 2.75) is 25.9 Å². The Balaban J connectivity index is 1.46. The molecule has 2 aromatic heterocycles. The Morgan fingerprint density at radius 1 is 1.23 bits per heavy atom. The Morgan fingerprint density at radius 2 is 2.08 bits per heavy atom. The molecule has 0 unspecified atom stereocenters. The molecule has 0 spiro atoms. The quantitative estimate of drug-likeness (QED) is 0.268. The van der Waals surface area contributed by atoms with Crippen LogP contribution >= 0.6 is 22.9 Å². The van der Waals surface area contributed by atoms with Crippen LogP contribution in [0, 0.1) is 0 Å². The van der Waals surface area contributed by atoms with Crippen LogP contribution in [0.15, 0.2) is 53.5 Å². The standard InChI is InChI=1S/C27H31ClN4O6S/c1-2-4-18-15-19(32-17-20(38-27(32)36)16-30-25(34)23-8-9-24(28)39-23)6-7-21(18)31-12-3-5-22(26(31)35)37-14-11-29-10-13-33/h3,5-9,12,15,20,29,33H,2,4,10-11,13-14,16-17H2,1H3,(H,30,34)/t20-/m0/s1. The summed E-state index contributed by atoms with van der Waals surface area (Å²) in [6, 6.07) is 12.2.